The van der Waals surface area contributed by atoms with Crippen LogP contribution in [0.15, 0.2) is 105 Å². The van der Waals surface area contributed by atoms with Gasteiger partial charge in [-0.05, 0) is 71.8 Å². The number of halogens is 2. The minimum Gasteiger partial charge on any atom is -0.394 e. The normalized spacial score (nSPS) is 14.0. The number of benzene rings is 4. The summed E-state index contributed by atoms with van der Waals surface area (Å²) in [5.41, 5.74) is 2.16. The highest BCUT2D eigenvalue weighted by atomic mass is 32.2. The molecule has 0 saturated heterocycles. The molecule has 2 aliphatic heterocycles. The van der Waals surface area contributed by atoms with Gasteiger partial charge in [0.05, 0.1) is 0 Å². The maximum Gasteiger partial charge on any atom is 0.584 e. The minimum absolute atomic E-state index is 0.0709. The quantitative estimate of drug-likeness (QED) is 0.257. The number of rotatable bonds is 4. The van der Waals surface area contributed by atoms with Crippen LogP contribution in [0.4, 0.5) is 8.78 Å². The molecule has 0 atom stereocenters. The van der Waals surface area contributed by atoms with Crippen molar-refractivity contribution in [1.82, 2.24) is 0 Å². The van der Waals surface area contributed by atoms with Gasteiger partial charge >= 0.3 is 7.82 Å². The highest BCUT2D eigenvalue weighted by Gasteiger charge is 2.32. The van der Waals surface area contributed by atoms with Crippen molar-refractivity contribution in [2.24, 2.45) is 0 Å². The number of fused-ring (bicyclic) bond motifs is 4. The third-order valence-corrected chi connectivity index (χ3v) is 8.88. The topological polar surface area (TPSA) is 55.8 Å². The van der Waals surface area contributed by atoms with Crippen LogP contribution in [0.3, 0.4) is 0 Å². The van der Waals surface area contributed by atoms with Gasteiger partial charge in [-0.1, -0.05) is 59.9 Å². The van der Waals surface area contributed by atoms with Gasteiger partial charge in [0.2, 0.25) is 0 Å². The van der Waals surface area contributed by atoms with E-state index in [1.165, 1.54) is 59.9 Å². The lowest BCUT2D eigenvalue weighted by molar-refractivity contribution is 0.264. The molecule has 2 aliphatic rings. The van der Waals surface area contributed by atoms with Gasteiger partial charge in [-0.3, -0.25) is 4.89 Å². The Morgan fingerprint density at radius 2 is 1.05 bits per heavy atom. The summed E-state index contributed by atoms with van der Waals surface area (Å²) in [5, 5.41) is 0. The van der Waals surface area contributed by atoms with Crippen LogP contribution in [0, 0.1) is 11.6 Å². The first-order valence-corrected chi connectivity index (χ1v) is 14.3. The molecular formula is C28H17F2O4PS2. The Balaban J connectivity index is 1.41. The fraction of sp³-hybridized carbons (Fsp3) is 0. The highest BCUT2D eigenvalue weighted by molar-refractivity contribution is 7.99. The second-order valence-electron chi connectivity index (χ2n) is 8.23. The molecule has 0 bridgehead atoms. The fourth-order valence-electron chi connectivity index (χ4n) is 4.06. The van der Waals surface area contributed by atoms with Gasteiger partial charge in [0.25, 0.3) is 0 Å². The van der Waals surface area contributed by atoms with E-state index in [1.54, 1.807) is 36.4 Å². The van der Waals surface area contributed by atoms with Crippen LogP contribution in [0.1, 0.15) is 22.3 Å². The Kier molecular flexibility index (Phi) is 6.21. The molecule has 0 saturated carbocycles. The zero-order chi connectivity index (χ0) is 25.6. The van der Waals surface area contributed by atoms with Crippen molar-refractivity contribution in [3.8, 4) is 0 Å². The predicted octanol–water partition coefficient (Wildman–Crippen LogP) is 8.72. The number of hydrogen-bond acceptors (Lipinski definition) is 5. The molecule has 2 heterocycles. The van der Waals surface area contributed by atoms with Crippen molar-refractivity contribution in [3.63, 3.8) is 0 Å². The number of phosphoric acid groups is 1. The van der Waals surface area contributed by atoms with Crippen LogP contribution in [0.2, 0.25) is 0 Å². The van der Waals surface area contributed by atoms with E-state index in [0.29, 0.717) is 22.3 Å². The lowest BCUT2D eigenvalue weighted by Crippen LogP contribution is -1.97. The van der Waals surface area contributed by atoms with Crippen molar-refractivity contribution in [1.29, 1.82) is 0 Å². The first kappa shape index (κ1) is 24.1. The fourth-order valence-corrected chi connectivity index (χ4v) is 6.97. The Hall–Kier alpha value is -3.29. The second-order valence-corrected chi connectivity index (χ2v) is 11.7. The molecule has 0 fully saturated rings. The summed E-state index contributed by atoms with van der Waals surface area (Å²) >= 11 is 2.81. The molecule has 0 aliphatic carbocycles. The van der Waals surface area contributed by atoms with Crippen LogP contribution in [-0.2, 0) is 13.6 Å². The van der Waals surface area contributed by atoms with E-state index in [0.717, 1.165) is 19.6 Å². The zero-order valence-electron chi connectivity index (χ0n) is 18.9. The van der Waals surface area contributed by atoms with Crippen LogP contribution in [0.5, 0.6) is 0 Å². The summed E-state index contributed by atoms with van der Waals surface area (Å²) in [5.74, 6) is -0.732. The Morgan fingerprint density at radius 1 is 0.622 bits per heavy atom. The minimum atomic E-state index is -4.77. The van der Waals surface area contributed by atoms with Gasteiger partial charge < -0.3 is 9.05 Å². The average Bonchev–Trinajstić information content (AvgIpc) is 3.10. The van der Waals surface area contributed by atoms with Crippen molar-refractivity contribution >= 4 is 55.0 Å². The molecule has 4 nitrogen and oxygen atoms in total. The number of phosphoric ester groups is 1. The van der Waals surface area contributed by atoms with Gasteiger partial charge in [0.1, 0.15) is 23.2 Å². The maximum absolute atomic E-state index is 14.0. The van der Waals surface area contributed by atoms with E-state index in [2.05, 4.69) is 0 Å². The van der Waals surface area contributed by atoms with Crippen LogP contribution >= 0.6 is 31.3 Å². The van der Waals surface area contributed by atoms with E-state index in [1.807, 2.05) is 24.3 Å². The van der Waals surface area contributed by atoms with Crippen LogP contribution in [-0.4, -0.2) is 4.89 Å². The first-order valence-electron chi connectivity index (χ1n) is 11.1. The van der Waals surface area contributed by atoms with Crippen molar-refractivity contribution < 1.29 is 27.3 Å². The lowest BCUT2D eigenvalue weighted by Gasteiger charge is -2.19. The van der Waals surface area contributed by atoms with Crippen molar-refractivity contribution in [2.45, 2.75) is 19.6 Å². The Labute approximate surface area is 220 Å². The zero-order valence-corrected chi connectivity index (χ0v) is 21.5. The molecule has 0 unspecified atom stereocenters. The van der Waals surface area contributed by atoms with E-state index in [9.17, 15) is 18.2 Å². The molecule has 184 valence electrons. The maximum atomic E-state index is 14.0. The van der Waals surface area contributed by atoms with Crippen molar-refractivity contribution in [2.75, 3.05) is 0 Å². The molecular weight excluding hydrogens is 533 g/mol. The van der Waals surface area contributed by atoms with E-state index >= 15 is 0 Å². The van der Waals surface area contributed by atoms with Crippen molar-refractivity contribution in [3.05, 3.63) is 119 Å². The summed E-state index contributed by atoms with van der Waals surface area (Å²) in [6.07, 6.45) is 3.05. The standard InChI is InChI=1S/C28H17F2O4PS2/c29-19-9-11-25-17(13-19)15-23(21-5-1-3-7-27(21)36-25)33-35(31,32)34-24-16-18-14-20(30)10-12-26(18)37-28-8-4-2-6-22(24)28/h1-16H,(H,31,32). The molecule has 6 rings (SSSR count). The highest BCUT2D eigenvalue weighted by Crippen LogP contribution is 2.55. The summed E-state index contributed by atoms with van der Waals surface area (Å²) < 4.78 is 52.7. The van der Waals surface area contributed by atoms with Gasteiger partial charge in [-0.15, -0.1) is 0 Å². The monoisotopic (exact) mass is 550 g/mol. The summed E-state index contributed by atoms with van der Waals surface area (Å²) in [6.45, 7) is 0. The van der Waals surface area contributed by atoms with Crippen LogP contribution < -0.4 is 0 Å². The molecule has 0 radical (unpaired) electrons. The summed E-state index contributed by atoms with van der Waals surface area (Å²) in [7, 11) is -4.77. The predicted molar refractivity (Wildman–Crippen MR) is 142 cm³/mol. The smallest absolute Gasteiger partial charge is 0.394 e. The largest absolute Gasteiger partial charge is 0.584 e. The summed E-state index contributed by atoms with van der Waals surface area (Å²) in [6, 6.07) is 23.2. The molecule has 0 amide bonds. The molecule has 0 aromatic heterocycles. The van der Waals surface area contributed by atoms with Gasteiger partial charge in [-0.25, -0.2) is 13.3 Å². The Bertz CT molecular complexity index is 1550. The molecule has 0 spiro atoms. The molecule has 1 N–H and O–H groups in total. The van der Waals surface area contributed by atoms with Crippen LogP contribution in [0.25, 0.3) is 23.7 Å². The first-order chi connectivity index (χ1) is 17.8. The molecule has 4 aromatic rings. The second kappa shape index (κ2) is 9.54. The average molecular weight is 551 g/mol. The molecule has 37 heavy (non-hydrogen) atoms. The number of hydrogen-bond donors (Lipinski definition) is 1. The van der Waals surface area contributed by atoms with Gasteiger partial charge in [-0.2, -0.15) is 0 Å². The molecule has 9 heteroatoms. The van der Waals surface area contributed by atoms with E-state index in [-0.39, 0.29) is 11.5 Å². The van der Waals surface area contributed by atoms with Gasteiger partial charge in [0.15, 0.2) is 0 Å². The summed E-state index contributed by atoms with van der Waals surface area (Å²) in [4.78, 5) is 14.0. The van der Waals surface area contributed by atoms with E-state index in [4.69, 9.17) is 9.05 Å². The SMILES string of the molecule is O=P(O)(OC1=Cc2cc(F)ccc2Sc2ccccc21)OC1=Cc2cc(F)ccc2Sc2ccccc21. The Morgan fingerprint density at radius 3 is 1.51 bits per heavy atom. The molecule has 4 aromatic carbocycles. The third-order valence-electron chi connectivity index (χ3n) is 5.69. The third kappa shape index (κ3) is 4.98. The lowest BCUT2D eigenvalue weighted by atomic mass is 10.1. The van der Waals surface area contributed by atoms with E-state index < -0.39 is 19.5 Å². The van der Waals surface area contributed by atoms with Gasteiger partial charge in [0, 0.05) is 30.7 Å².